The van der Waals surface area contributed by atoms with Gasteiger partial charge < -0.3 is 5.32 Å². The first-order chi connectivity index (χ1) is 7.42. The molecule has 1 nitrogen and oxygen atoms in total. The van der Waals surface area contributed by atoms with Gasteiger partial charge in [-0.1, -0.05) is 48.5 Å². The molecule has 15 heavy (non-hydrogen) atoms. The summed E-state index contributed by atoms with van der Waals surface area (Å²) in [5.74, 6) is 0. The van der Waals surface area contributed by atoms with E-state index in [0.29, 0.717) is 0 Å². The Morgan fingerprint density at radius 1 is 1.07 bits per heavy atom. The number of nitrogens with one attached hydrogen (secondary N) is 1. The molecule has 75 valence electrons. The Hall–Kier alpha value is -1.76. The quantitative estimate of drug-likeness (QED) is 0.791. The molecule has 0 unspecified atom stereocenters. The maximum atomic E-state index is 3.32. The van der Waals surface area contributed by atoms with E-state index in [0.717, 1.165) is 12.2 Å². The first-order valence-electron chi connectivity index (χ1n) is 5.22. The van der Waals surface area contributed by atoms with E-state index >= 15 is 0 Å². The molecule has 0 amide bonds. The summed E-state index contributed by atoms with van der Waals surface area (Å²) in [5, 5.41) is 3.32. The second-order valence-corrected chi connectivity index (χ2v) is 3.36. The van der Waals surface area contributed by atoms with Crippen molar-refractivity contribution in [1.82, 2.24) is 0 Å². The number of hydrogen-bond acceptors (Lipinski definition) is 1. The van der Waals surface area contributed by atoms with Crippen LogP contribution in [0.3, 0.4) is 0 Å². The van der Waals surface area contributed by atoms with Gasteiger partial charge in [-0.05, 0) is 12.5 Å². The zero-order valence-corrected chi connectivity index (χ0v) is 8.83. The second-order valence-electron chi connectivity index (χ2n) is 3.36. The molecule has 0 saturated heterocycles. The highest BCUT2D eigenvalue weighted by molar-refractivity contribution is 5.77. The van der Waals surface area contributed by atoms with Crippen LogP contribution in [0.2, 0.25) is 0 Å². The molecule has 0 aromatic heterocycles. The van der Waals surface area contributed by atoms with Crippen LogP contribution in [-0.2, 0) is 0 Å². The minimum Gasteiger partial charge on any atom is -0.384 e. The monoisotopic (exact) mass is 196 g/mol. The topological polar surface area (TPSA) is 12.0 Å². The Labute approximate surface area is 90.8 Å². The van der Waals surface area contributed by atoms with Crippen molar-refractivity contribution in [1.29, 1.82) is 0 Å². The molecular formula is C14H14N. The summed E-state index contributed by atoms with van der Waals surface area (Å²) in [6.07, 6.45) is 0. The van der Waals surface area contributed by atoms with Crippen molar-refractivity contribution in [2.24, 2.45) is 0 Å². The lowest BCUT2D eigenvalue weighted by Gasteiger charge is -2.09. The predicted molar refractivity (Wildman–Crippen MR) is 64.9 cm³/mol. The van der Waals surface area contributed by atoms with Gasteiger partial charge in [-0.25, -0.2) is 0 Å². The lowest BCUT2D eigenvalue weighted by molar-refractivity contribution is 1.21. The van der Waals surface area contributed by atoms with Crippen LogP contribution in [0.25, 0.3) is 11.1 Å². The number of para-hydroxylation sites is 1. The number of anilines is 1. The summed E-state index contributed by atoms with van der Waals surface area (Å²) in [6.45, 7) is 3.01. The van der Waals surface area contributed by atoms with Gasteiger partial charge in [0.1, 0.15) is 0 Å². The minimum atomic E-state index is 0.917. The van der Waals surface area contributed by atoms with Gasteiger partial charge in [-0.2, -0.15) is 0 Å². The van der Waals surface area contributed by atoms with Crippen molar-refractivity contribution in [3.05, 3.63) is 54.6 Å². The van der Waals surface area contributed by atoms with E-state index in [4.69, 9.17) is 0 Å². The summed E-state index contributed by atoms with van der Waals surface area (Å²) in [6, 6.07) is 19.7. The van der Waals surface area contributed by atoms with Crippen LogP contribution in [0, 0.1) is 6.07 Å². The normalized spacial score (nSPS) is 9.93. The number of rotatable bonds is 3. The highest BCUT2D eigenvalue weighted by Gasteiger charge is 2.02. The fourth-order valence-corrected chi connectivity index (χ4v) is 1.62. The molecule has 0 atom stereocenters. The maximum Gasteiger partial charge on any atom is 0.0500 e. The van der Waals surface area contributed by atoms with Gasteiger partial charge in [-0.3, -0.25) is 0 Å². The van der Waals surface area contributed by atoms with Crippen LogP contribution in [0.4, 0.5) is 5.69 Å². The zero-order valence-electron chi connectivity index (χ0n) is 8.83. The zero-order chi connectivity index (χ0) is 10.5. The van der Waals surface area contributed by atoms with E-state index in [1.165, 1.54) is 11.1 Å². The molecule has 1 radical (unpaired) electrons. The van der Waals surface area contributed by atoms with Crippen LogP contribution < -0.4 is 5.32 Å². The van der Waals surface area contributed by atoms with Crippen molar-refractivity contribution < 1.29 is 0 Å². The molecule has 0 spiro atoms. The average molecular weight is 196 g/mol. The molecule has 2 aromatic rings. The summed E-state index contributed by atoms with van der Waals surface area (Å²) in [4.78, 5) is 0. The molecule has 1 heteroatoms. The first-order valence-corrected chi connectivity index (χ1v) is 5.22. The van der Waals surface area contributed by atoms with E-state index in [2.05, 4.69) is 48.6 Å². The predicted octanol–water partition coefficient (Wildman–Crippen LogP) is 3.59. The van der Waals surface area contributed by atoms with Gasteiger partial charge in [0.25, 0.3) is 0 Å². The SMILES string of the molecule is CCNc1[c]cccc1-c1ccccc1. The highest BCUT2D eigenvalue weighted by atomic mass is 14.9. The number of hydrogen-bond donors (Lipinski definition) is 1. The Morgan fingerprint density at radius 3 is 2.60 bits per heavy atom. The smallest absolute Gasteiger partial charge is 0.0500 e. The molecule has 0 aliphatic heterocycles. The Balaban J connectivity index is 2.43. The van der Waals surface area contributed by atoms with Gasteiger partial charge in [0.2, 0.25) is 0 Å². The summed E-state index contributed by atoms with van der Waals surface area (Å²) >= 11 is 0. The molecule has 0 bridgehead atoms. The minimum absolute atomic E-state index is 0.917. The van der Waals surface area contributed by atoms with Crippen LogP contribution >= 0.6 is 0 Å². The van der Waals surface area contributed by atoms with Gasteiger partial charge >= 0.3 is 0 Å². The molecule has 1 N–H and O–H groups in total. The summed E-state index contributed by atoms with van der Waals surface area (Å²) in [5.41, 5.74) is 3.51. The third-order valence-corrected chi connectivity index (χ3v) is 2.29. The lowest BCUT2D eigenvalue weighted by Crippen LogP contribution is -1.98. The maximum absolute atomic E-state index is 3.32. The van der Waals surface area contributed by atoms with Crippen molar-refractivity contribution in [3.8, 4) is 11.1 Å². The Bertz CT molecular complexity index is 420. The molecule has 0 heterocycles. The van der Waals surface area contributed by atoms with Crippen LogP contribution in [0.1, 0.15) is 6.92 Å². The third-order valence-electron chi connectivity index (χ3n) is 2.29. The number of benzene rings is 2. The summed E-state index contributed by atoms with van der Waals surface area (Å²) < 4.78 is 0. The van der Waals surface area contributed by atoms with Crippen molar-refractivity contribution in [2.75, 3.05) is 11.9 Å². The van der Waals surface area contributed by atoms with E-state index < -0.39 is 0 Å². The Kier molecular flexibility index (Phi) is 3.03. The summed E-state index contributed by atoms with van der Waals surface area (Å²) in [7, 11) is 0. The molecular weight excluding hydrogens is 182 g/mol. The lowest BCUT2D eigenvalue weighted by atomic mass is 10.0. The van der Waals surface area contributed by atoms with E-state index in [1.807, 2.05) is 18.2 Å². The van der Waals surface area contributed by atoms with Crippen molar-refractivity contribution in [2.45, 2.75) is 6.92 Å². The molecule has 2 rings (SSSR count). The van der Waals surface area contributed by atoms with E-state index in [1.54, 1.807) is 0 Å². The highest BCUT2D eigenvalue weighted by Crippen LogP contribution is 2.26. The van der Waals surface area contributed by atoms with Crippen LogP contribution in [0.5, 0.6) is 0 Å². The standard InChI is InChI=1S/C14H14N/c1-2-15-14-11-7-6-10-13(14)12-8-4-3-5-9-12/h3-10,15H,2H2,1H3. The second kappa shape index (κ2) is 4.65. The largest absolute Gasteiger partial charge is 0.384 e. The van der Waals surface area contributed by atoms with E-state index in [-0.39, 0.29) is 0 Å². The Morgan fingerprint density at radius 2 is 1.87 bits per heavy atom. The molecule has 0 aliphatic rings. The third kappa shape index (κ3) is 2.18. The van der Waals surface area contributed by atoms with Gasteiger partial charge in [0.05, 0.1) is 0 Å². The van der Waals surface area contributed by atoms with Crippen LogP contribution in [-0.4, -0.2) is 6.54 Å². The van der Waals surface area contributed by atoms with Crippen molar-refractivity contribution >= 4 is 5.69 Å². The van der Waals surface area contributed by atoms with Crippen molar-refractivity contribution in [3.63, 3.8) is 0 Å². The van der Waals surface area contributed by atoms with Gasteiger partial charge in [0.15, 0.2) is 0 Å². The molecule has 0 aliphatic carbocycles. The fraction of sp³-hybridized carbons (Fsp3) is 0.143. The van der Waals surface area contributed by atoms with E-state index in [9.17, 15) is 0 Å². The van der Waals surface area contributed by atoms with Crippen LogP contribution in [0.15, 0.2) is 48.5 Å². The molecule has 0 fully saturated rings. The van der Waals surface area contributed by atoms with Gasteiger partial charge in [-0.15, -0.1) is 0 Å². The molecule has 0 saturated carbocycles. The fourth-order valence-electron chi connectivity index (χ4n) is 1.62. The first kappa shape index (κ1) is 9.78. The molecule has 2 aromatic carbocycles. The van der Waals surface area contributed by atoms with Gasteiger partial charge in [0, 0.05) is 23.9 Å². The average Bonchev–Trinajstić information content (AvgIpc) is 2.31.